The SMILES string of the molecule is CCOC(=O)c1cccc(C(O)C(O)CCNC(C)=O)n1. The van der Waals surface area contributed by atoms with Gasteiger partial charge in [-0.05, 0) is 25.5 Å². The molecule has 0 bridgehead atoms. The van der Waals surface area contributed by atoms with E-state index in [0.717, 1.165) is 0 Å². The fraction of sp³-hybridized carbons (Fsp3) is 0.500. The highest BCUT2D eigenvalue weighted by Crippen LogP contribution is 2.17. The van der Waals surface area contributed by atoms with Crippen molar-refractivity contribution >= 4 is 11.9 Å². The molecule has 2 unspecified atom stereocenters. The standard InChI is InChI=1S/C14H20N2O5/c1-3-21-14(20)11-6-4-5-10(16-11)13(19)12(18)7-8-15-9(2)17/h4-6,12-13,18-19H,3,7-8H2,1-2H3,(H,15,17). The van der Waals surface area contributed by atoms with E-state index in [2.05, 4.69) is 10.3 Å². The summed E-state index contributed by atoms with van der Waals surface area (Å²) in [6.45, 7) is 3.52. The van der Waals surface area contributed by atoms with E-state index in [1.165, 1.54) is 19.1 Å². The van der Waals surface area contributed by atoms with Gasteiger partial charge in [0.25, 0.3) is 0 Å². The Labute approximate surface area is 123 Å². The first-order valence-corrected chi connectivity index (χ1v) is 6.70. The predicted molar refractivity (Wildman–Crippen MR) is 74.5 cm³/mol. The Balaban J connectivity index is 2.68. The van der Waals surface area contributed by atoms with Crippen molar-refractivity contribution in [1.29, 1.82) is 0 Å². The number of hydrogen-bond acceptors (Lipinski definition) is 6. The van der Waals surface area contributed by atoms with Gasteiger partial charge in [-0.3, -0.25) is 4.79 Å². The molecule has 3 N–H and O–H groups in total. The van der Waals surface area contributed by atoms with Crippen LogP contribution in [0.2, 0.25) is 0 Å². The van der Waals surface area contributed by atoms with Gasteiger partial charge in [-0.15, -0.1) is 0 Å². The zero-order valence-electron chi connectivity index (χ0n) is 12.1. The van der Waals surface area contributed by atoms with Gasteiger partial charge in [-0.1, -0.05) is 6.07 Å². The number of nitrogens with zero attached hydrogens (tertiary/aromatic N) is 1. The zero-order valence-corrected chi connectivity index (χ0v) is 12.1. The maximum atomic E-state index is 11.6. The van der Waals surface area contributed by atoms with Crippen LogP contribution >= 0.6 is 0 Å². The van der Waals surface area contributed by atoms with Crippen molar-refractivity contribution in [2.45, 2.75) is 32.5 Å². The lowest BCUT2D eigenvalue weighted by atomic mass is 10.1. The number of esters is 1. The number of carbonyl (C=O) groups is 2. The van der Waals surface area contributed by atoms with Crippen LogP contribution in [0.1, 0.15) is 42.6 Å². The van der Waals surface area contributed by atoms with Crippen LogP contribution in [-0.2, 0) is 9.53 Å². The molecule has 0 aromatic carbocycles. The number of aliphatic hydroxyl groups is 2. The van der Waals surface area contributed by atoms with Gasteiger partial charge < -0.3 is 20.3 Å². The van der Waals surface area contributed by atoms with Crippen LogP contribution in [0.15, 0.2) is 18.2 Å². The quantitative estimate of drug-likeness (QED) is 0.619. The van der Waals surface area contributed by atoms with E-state index in [1.807, 2.05) is 0 Å². The van der Waals surface area contributed by atoms with Crippen LogP contribution in [0.5, 0.6) is 0 Å². The molecule has 1 rings (SSSR count). The number of aromatic nitrogens is 1. The van der Waals surface area contributed by atoms with Crippen molar-refractivity contribution in [3.63, 3.8) is 0 Å². The summed E-state index contributed by atoms with van der Waals surface area (Å²) in [5.41, 5.74) is 0.248. The van der Waals surface area contributed by atoms with E-state index in [4.69, 9.17) is 4.74 Å². The van der Waals surface area contributed by atoms with E-state index in [1.54, 1.807) is 13.0 Å². The molecule has 0 aliphatic rings. The minimum absolute atomic E-state index is 0.0717. The molecular weight excluding hydrogens is 276 g/mol. The second-order valence-corrected chi connectivity index (χ2v) is 4.45. The molecule has 21 heavy (non-hydrogen) atoms. The molecule has 7 nitrogen and oxygen atoms in total. The van der Waals surface area contributed by atoms with Crippen molar-refractivity contribution in [3.05, 3.63) is 29.6 Å². The second kappa shape index (κ2) is 8.33. The van der Waals surface area contributed by atoms with Gasteiger partial charge in [0, 0.05) is 13.5 Å². The zero-order chi connectivity index (χ0) is 15.8. The lowest BCUT2D eigenvalue weighted by molar-refractivity contribution is -0.119. The molecule has 116 valence electrons. The fourth-order valence-electron chi connectivity index (χ4n) is 1.69. The number of aliphatic hydroxyl groups excluding tert-OH is 2. The van der Waals surface area contributed by atoms with E-state index < -0.39 is 18.2 Å². The molecule has 0 aliphatic carbocycles. The number of rotatable bonds is 7. The van der Waals surface area contributed by atoms with Crippen molar-refractivity contribution in [2.24, 2.45) is 0 Å². The summed E-state index contributed by atoms with van der Waals surface area (Å²) < 4.78 is 4.82. The molecule has 7 heteroatoms. The van der Waals surface area contributed by atoms with E-state index in [9.17, 15) is 19.8 Å². The summed E-state index contributed by atoms with van der Waals surface area (Å²) in [5, 5.41) is 22.4. The number of nitrogens with one attached hydrogen (secondary N) is 1. The minimum Gasteiger partial charge on any atom is -0.461 e. The third kappa shape index (κ3) is 5.49. The Bertz CT molecular complexity index is 492. The summed E-state index contributed by atoms with van der Waals surface area (Å²) >= 11 is 0. The van der Waals surface area contributed by atoms with Gasteiger partial charge in [-0.25, -0.2) is 9.78 Å². The second-order valence-electron chi connectivity index (χ2n) is 4.45. The van der Waals surface area contributed by atoms with E-state index in [-0.39, 0.29) is 36.9 Å². The summed E-state index contributed by atoms with van der Waals surface area (Å²) in [5.74, 6) is -0.793. The number of pyridine rings is 1. The first kappa shape index (κ1) is 17.1. The van der Waals surface area contributed by atoms with Crippen molar-refractivity contribution in [1.82, 2.24) is 10.3 Å². The third-order valence-electron chi connectivity index (χ3n) is 2.74. The summed E-state index contributed by atoms with van der Waals surface area (Å²) in [4.78, 5) is 26.3. The molecule has 0 saturated carbocycles. The third-order valence-corrected chi connectivity index (χ3v) is 2.74. The lowest BCUT2D eigenvalue weighted by Gasteiger charge is -2.17. The Morgan fingerprint density at radius 2 is 2.10 bits per heavy atom. The Kier molecular flexibility index (Phi) is 6.77. The first-order valence-electron chi connectivity index (χ1n) is 6.70. The molecule has 0 spiro atoms. The highest BCUT2D eigenvalue weighted by molar-refractivity contribution is 5.87. The van der Waals surface area contributed by atoms with Gasteiger partial charge >= 0.3 is 5.97 Å². The highest BCUT2D eigenvalue weighted by Gasteiger charge is 2.21. The molecular formula is C14H20N2O5. The van der Waals surface area contributed by atoms with Crippen molar-refractivity contribution in [2.75, 3.05) is 13.2 Å². The minimum atomic E-state index is -1.24. The summed E-state index contributed by atoms with van der Waals surface area (Å²) in [6.07, 6.45) is -2.17. The average molecular weight is 296 g/mol. The number of hydrogen-bond donors (Lipinski definition) is 3. The van der Waals surface area contributed by atoms with Gasteiger partial charge in [0.1, 0.15) is 11.8 Å². The van der Waals surface area contributed by atoms with Crippen LogP contribution in [0.25, 0.3) is 0 Å². The average Bonchev–Trinajstić information content (AvgIpc) is 2.46. The molecule has 1 aromatic rings. The highest BCUT2D eigenvalue weighted by atomic mass is 16.5. The monoisotopic (exact) mass is 296 g/mol. The fourth-order valence-corrected chi connectivity index (χ4v) is 1.69. The van der Waals surface area contributed by atoms with Crippen LogP contribution < -0.4 is 5.32 Å². The normalized spacial score (nSPS) is 13.3. The van der Waals surface area contributed by atoms with Gasteiger partial charge in [-0.2, -0.15) is 0 Å². The van der Waals surface area contributed by atoms with E-state index >= 15 is 0 Å². The van der Waals surface area contributed by atoms with Crippen LogP contribution in [0, 0.1) is 0 Å². The maximum absolute atomic E-state index is 11.6. The number of ether oxygens (including phenoxy) is 1. The molecule has 2 atom stereocenters. The molecule has 1 aromatic heterocycles. The number of carbonyl (C=O) groups excluding carboxylic acids is 2. The lowest BCUT2D eigenvalue weighted by Crippen LogP contribution is -2.28. The Morgan fingerprint density at radius 3 is 2.71 bits per heavy atom. The van der Waals surface area contributed by atoms with Gasteiger partial charge in [0.15, 0.2) is 0 Å². The summed E-state index contributed by atoms with van der Waals surface area (Å²) in [6, 6.07) is 4.53. The Hall–Kier alpha value is -1.99. The molecule has 0 fully saturated rings. The molecule has 0 saturated heterocycles. The van der Waals surface area contributed by atoms with Gasteiger partial charge in [0.05, 0.1) is 18.4 Å². The van der Waals surface area contributed by atoms with Crippen molar-refractivity contribution < 1.29 is 24.5 Å². The topological polar surface area (TPSA) is 109 Å². The Morgan fingerprint density at radius 1 is 1.38 bits per heavy atom. The molecule has 0 aliphatic heterocycles. The first-order chi connectivity index (χ1) is 9.95. The smallest absolute Gasteiger partial charge is 0.356 e. The summed E-state index contributed by atoms with van der Waals surface area (Å²) in [7, 11) is 0. The molecule has 1 heterocycles. The van der Waals surface area contributed by atoms with Crippen LogP contribution in [0.4, 0.5) is 0 Å². The number of amides is 1. The van der Waals surface area contributed by atoms with Crippen LogP contribution in [0.3, 0.4) is 0 Å². The predicted octanol–water partition coefficient (Wildman–Crippen LogP) is 0.179. The van der Waals surface area contributed by atoms with Crippen molar-refractivity contribution in [3.8, 4) is 0 Å². The maximum Gasteiger partial charge on any atom is 0.356 e. The molecule has 0 radical (unpaired) electrons. The van der Waals surface area contributed by atoms with Gasteiger partial charge in [0.2, 0.25) is 5.91 Å². The molecule has 1 amide bonds. The largest absolute Gasteiger partial charge is 0.461 e. The van der Waals surface area contributed by atoms with E-state index in [0.29, 0.717) is 0 Å². The van der Waals surface area contributed by atoms with Crippen LogP contribution in [-0.4, -0.2) is 46.3 Å².